The Bertz CT molecular complexity index is 692. The Morgan fingerprint density at radius 3 is 2.95 bits per heavy atom. The van der Waals surface area contributed by atoms with Crippen LogP contribution in [0.1, 0.15) is 15.9 Å². The average molecular weight is 369 g/mol. The van der Waals surface area contributed by atoms with E-state index in [0.717, 1.165) is 4.47 Å². The second-order valence-corrected chi connectivity index (χ2v) is 5.33. The summed E-state index contributed by atoms with van der Waals surface area (Å²) >= 11 is 9.16. The molecule has 1 aromatic carbocycles. The van der Waals surface area contributed by atoms with Gasteiger partial charge in [0.25, 0.3) is 5.91 Å². The molecule has 0 aliphatic carbocycles. The number of carbonyl (C=O) groups excluding carboxylic acids is 1. The predicted octanol–water partition coefficient (Wildman–Crippen LogP) is 3.27. The highest BCUT2D eigenvalue weighted by molar-refractivity contribution is 9.10. The first-order chi connectivity index (χ1) is 10.1. The summed E-state index contributed by atoms with van der Waals surface area (Å²) in [6, 6.07) is 6.78. The summed E-state index contributed by atoms with van der Waals surface area (Å²) in [4.78, 5) is 15.8. The molecule has 0 spiro atoms. The fourth-order valence-electron chi connectivity index (χ4n) is 1.57. The highest BCUT2D eigenvalue weighted by atomic mass is 79.9. The highest BCUT2D eigenvalue weighted by Crippen LogP contribution is 2.20. The number of rotatable bonds is 4. The van der Waals surface area contributed by atoms with E-state index < -0.39 is 0 Å². The first-order valence-corrected chi connectivity index (χ1v) is 7.05. The van der Waals surface area contributed by atoms with Crippen molar-refractivity contribution in [1.82, 2.24) is 10.4 Å². The van der Waals surface area contributed by atoms with Gasteiger partial charge >= 0.3 is 0 Å². The molecule has 1 N–H and O–H groups in total. The van der Waals surface area contributed by atoms with Crippen LogP contribution in [0.2, 0.25) is 5.02 Å². The van der Waals surface area contributed by atoms with E-state index in [1.165, 1.54) is 12.4 Å². The zero-order chi connectivity index (χ0) is 15.2. The fraction of sp³-hybridized carbons (Fsp3) is 0.0714. The molecule has 0 aliphatic heterocycles. The van der Waals surface area contributed by atoms with Gasteiger partial charge in [0.1, 0.15) is 5.75 Å². The van der Waals surface area contributed by atoms with Gasteiger partial charge in [-0.1, -0.05) is 11.6 Å². The SMILES string of the molecule is COc1ccc(Cl)cc1/C=N\NC(=O)c1cncc(Br)c1. The Morgan fingerprint density at radius 2 is 2.24 bits per heavy atom. The van der Waals surface area contributed by atoms with E-state index in [4.69, 9.17) is 16.3 Å². The van der Waals surface area contributed by atoms with Gasteiger partial charge in [0.05, 0.1) is 18.9 Å². The lowest BCUT2D eigenvalue weighted by atomic mass is 10.2. The highest BCUT2D eigenvalue weighted by Gasteiger charge is 2.05. The lowest BCUT2D eigenvalue weighted by Crippen LogP contribution is -2.17. The number of nitrogens with zero attached hydrogens (tertiary/aromatic N) is 2. The number of hydrogen-bond acceptors (Lipinski definition) is 4. The summed E-state index contributed by atoms with van der Waals surface area (Å²) < 4.78 is 5.90. The number of methoxy groups -OCH3 is 1. The van der Waals surface area contributed by atoms with Crippen LogP contribution >= 0.6 is 27.5 Å². The molecule has 21 heavy (non-hydrogen) atoms. The average Bonchev–Trinajstić information content (AvgIpc) is 2.47. The van der Waals surface area contributed by atoms with Crippen molar-refractivity contribution >= 4 is 39.7 Å². The van der Waals surface area contributed by atoms with E-state index in [1.54, 1.807) is 37.6 Å². The molecule has 0 radical (unpaired) electrons. The van der Waals surface area contributed by atoms with Gasteiger partial charge in [-0.25, -0.2) is 5.43 Å². The van der Waals surface area contributed by atoms with Crippen molar-refractivity contribution in [3.63, 3.8) is 0 Å². The van der Waals surface area contributed by atoms with Gasteiger partial charge in [0.2, 0.25) is 0 Å². The molecule has 0 saturated carbocycles. The Balaban J connectivity index is 2.09. The molecular formula is C14H11BrClN3O2. The van der Waals surface area contributed by atoms with Gasteiger partial charge in [-0.2, -0.15) is 5.10 Å². The summed E-state index contributed by atoms with van der Waals surface area (Å²) in [6.45, 7) is 0. The van der Waals surface area contributed by atoms with Crippen LogP contribution in [-0.4, -0.2) is 24.2 Å². The molecule has 0 atom stereocenters. The molecule has 1 heterocycles. The standard InChI is InChI=1S/C14H11BrClN3O2/c1-21-13-3-2-12(16)5-9(13)7-18-19-14(20)10-4-11(15)8-17-6-10/h2-8H,1H3,(H,19,20)/b18-7-. The number of hydrogen-bond donors (Lipinski definition) is 1. The van der Waals surface area contributed by atoms with E-state index in [1.807, 2.05) is 0 Å². The van der Waals surface area contributed by atoms with Crippen molar-refractivity contribution in [3.05, 3.63) is 57.3 Å². The molecule has 2 aromatic rings. The summed E-state index contributed by atoms with van der Waals surface area (Å²) in [7, 11) is 1.55. The van der Waals surface area contributed by atoms with Gasteiger partial charge in [-0.3, -0.25) is 9.78 Å². The Kier molecular flexibility index (Phi) is 5.30. The van der Waals surface area contributed by atoms with Gasteiger partial charge in [0, 0.05) is 27.5 Å². The van der Waals surface area contributed by atoms with E-state index in [9.17, 15) is 4.79 Å². The monoisotopic (exact) mass is 367 g/mol. The molecule has 2 rings (SSSR count). The van der Waals surface area contributed by atoms with Crippen LogP contribution in [0.25, 0.3) is 0 Å². The molecule has 0 aliphatic rings. The van der Waals surface area contributed by atoms with Crippen LogP contribution in [0, 0.1) is 0 Å². The second-order valence-electron chi connectivity index (χ2n) is 3.98. The quantitative estimate of drug-likeness (QED) is 0.665. The number of ether oxygens (including phenoxy) is 1. The number of benzene rings is 1. The van der Waals surface area contributed by atoms with Crippen molar-refractivity contribution in [2.45, 2.75) is 0 Å². The third-order valence-corrected chi connectivity index (χ3v) is 3.20. The predicted molar refractivity (Wildman–Crippen MR) is 85.0 cm³/mol. The lowest BCUT2D eigenvalue weighted by molar-refractivity contribution is 0.0954. The zero-order valence-corrected chi connectivity index (χ0v) is 13.4. The van der Waals surface area contributed by atoms with Crippen molar-refractivity contribution < 1.29 is 9.53 Å². The summed E-state index contributed by atoms with van der Waals surface area (Å²) in [5.74, 6) is 0.252. The van der Waals surface area contributed by atoms with E-state index in [-0.39, 0.29) is 5.91 Å². The normalized spacial score (nSPS) is 10.6. The number of pyridine rings is 1. The molecule has 1 aromatic heterocycles. The topological polar surface area (TPSA) is 63.6 Å². The maximum Gasteiger partial charge on any atom is 0.272 e. The minimum absolute atomic E-state index is 0.360. The van der Waals surface area contributed by atoms with Crippen molar-refractivity contribution in [3.8, 4) is 5.75 Å². The number of hydrazone groups is 1. The molecule has 108 valence electrons. The Labute approximate surface area is 135 Å². The number of amides is 1. The summed E-state index contributed by atoms with van der Waals surface area (Å²) in [5, 5.41) is 4.45. The van der Waals surface area contributed by atoms with Gasteiger partial charge in [0.15, 0.2) is 0 Å². The van der Waals surface area contributed by atoms with Gasteiger partial charge in [-0.05, 0) is 40.2 Å². The maximum atomic E-state index is 11.9. The minimum Gasteiger partial charge on any atom is -0.496 e. The number of halogens is 2. The second kappa shape index (κ2) is 7.19. The summed E-state index contributed by atoms with van der Waals surface area (Å²) in [6.07, 6.45) is 4.51. The maximum absolute atomic E-state index is 11.9. The molecular weight excluding hydrogens is 358 g/mol. The van der Waals surface area contributed by atoms with Crippen LogP contribution < -0.4 is 10.2 Å². The van der Waals surface area contributed by atoms with Gasteiger partial charge in [-0.15, -0.1) is 0 Å². The number of nitrogens with one attached hydrogen (secondary N) is 1. The Hall–Kier alpha value is -1.92. The van der Waals surface area contributed by atoms with Crippen LogP contribution in [0.4, 0.5) is 0 Å². The van der Waals surface area contributed by atoms with Crippen LogP contribution in [0.5, 0.6) is 5.75 Å². The first-order valence-electron chi connectivity index (χ1n) is 5.87. The molecule has 0 fully saturated rings. The lowest BCUT2D eigenvalue weighted by Gasteiger charge is -2.04. The largest absolute Gasteiger partial charge is 0.496 e. The molecule has 1 amide bonds. The third kappa shape index (κ3) is 4.27. The van der Waals surface area contributed by atoms with Crippen molar-refractivity contribution in [2.75, 3.05) is 7.11 Å². The van der Waals surface area contributed by atoms with Crippen molar-refractivity contribution in [1.29, 1.82) is 0 Å². The van der Waals surface area contributed by atoms with Crippen LogP contribution in [-0.2, 0) is 0 Å². The molecule has 5 nitrogen and oxygen atoms in total. The first kappa shape index (κ1) is 15.5. The third-order valence-electron chi connectivity index (χ3n) is 2.53. The van der Waals surface area contributed by atoms with E-state index in [2.05, 4.69) is 31.4 Å². The van der Waals surface area contributed by atoms with Crippen LogP contribution in [0.15, 0.2) is 46.2 Å². The summed E-state index contributed by atoms with van der Waals surface area (Å²) in [5.41, 5.74) is 3.48. The molecule has 0 unspecified atom stereocenters. The zero-order valence-electron chi connectivity index (χ0n) is 11.0. The minimum atomic E-state index is -0.360. The molecule has 7 heteroatoms. The fourth-order valence-corrected chi connectivity index (χ4v) is 2.11. The van der Waals surface area contributed by atoms with Crippen LogP contribution in [0.3, 0.4) is 0 Å². The smallest absolute Gasteiger partial charge is 0.272 e. The molecule has 0 bridgehead atoms. The Morgan fingerprint density at radius 1 is 1.43 bits per heavy atom. The van der Waals surface area contributed by atoms with E-state index >= 15 is 0 Å². The molecule has 0 saturated heterocycles. The van der Waals surface area contributed by atoms with E-state index in [0.29, 0.717) is 21.9 Å². The van der Waals surface area contributed by atoms with Crippen molar-refractivity contribution in [2.24, 2.45) is 5.10 Å². The number of carbonyl (C=O) groups is 1. The number of aromatic nitrogens is 1. The van der Waals surface area contributed by atoms with Gasteiger partial charge < -0.3 is 4.74 Å².